The summed E-state index contributed by atoms with van der Waals surface area (Å²) >= 11 is 0. The number of hydrogen-bond acceptors (Lipinski definition) is 2. The quantitative estimate of drug-likeness (QED) is 0.736. The fourth-order valence-electron chi connectivity index (χ4n) is 2.06. The van der Waals surface area contributed by atoms with Gasteiger partial charge in [-0.15, -0.1) is 0 Å². The first-order chi connectivity index (χ1) is 6.63. The second-order valence-electron chi connectivity index (χ2n) is 4.34. The molecule has 0 radical (unpaired) electrons. The van der Waals surface area contributed by atoms with Gasteiger partial charge in [-0.05, 0) is 24.1 Å². The standard InChI is InChI=1S/C11H15FN2/c1-8-4-14-7-11(8,2)9-3-10(12)6-13-5-9/h3,5-6,8,14H,4,7H2,1-2H3. The predicted molar refractivity (Wildman–Crippen MR) is 53.6 cm³/mol. The number of rotatable bonds is 1. The molecule has 1 aliphatic heterocycles. The Bertz CT molecular complexity index is 340. The molecule has 1 aromatic rings. The molecule has 0 saturated carbocycles. The Kier molecular flexibility index (Phi) is 2.27. The summed E-state index contributed by atoms with van der Waals surface area (Å²) in [5.41, 5.74) is 1.02. The molecule has 2 rings (SSSR count). The van der Waals surface area contributed by atoms with Gasteiger partial charge in [0.1, 0.15) is 5.82 Å². The van der Waals surface area contributed by atoms with Gasteiger partial charge >= 0.3 is 0 Å². The molecule has 2 heterocycles. The zero-order valence-electron chi connectivity index (χ0n) is 8.55. The first-order valence-electron chi connectivity index (χ1n) is 4.95. The summed E-state index contributed by atoms with van der Waals surface area (Å²) < 4.78 is 13.0. The molecule has 1 fully saturated rings. The Morgan fingerprint density at radius 3 is 2.93 bits per heavy atom. The van der Waals surface area contributed by atoms with E-state index in [0.29, 0.717) is 5.92 Å². The Labute approximate surface area is 83.6 Å². The summed E-state index contributed by atoms with van der Waals surface area (Å²) in [6, 6.07) is 1.59. The van der Waals surface area contributed by atoms with E-state index in [-0.39, 0.29) is 11.2 Å². The molecule has 0 aliphatic carbocycles. The highest BCUT2D eigenvalue weighted by Gasteiger charge is 2.37. The van der Waals surface area contributed by atoms with Crippen molar-refractivity contribution in [3.8, 4) is 0 Å². The van der Waals surface area contributed by atoms with Crippen LogP contribution < -0.4 is 5.32 Å². The lowest BCUT2D eigenvalue weighted by atomic mass is 9.76. The van der Waals surface area contributed by atoms with E-state index in [1.807, 2.05) is 0 Å². The lowest BCUT2D eigenvalue weighted by Crippen LogP contribution is -2.30. The van der Waals surface area contributed by atoms with Crippen LogP contribution in [0.25, 0.3) is 0 Å². The van der Waals surface area contributed by atoms with Crippen molar-refractivity contribution in [3.05, 3.63) is 29.8 Å². The lowest BCUT2D eigenvalue weighted by Gasteiger charge is -2.28. The van der Waals surface area contributed by atoms with Crippen LogP contribution in [-0.4, -0.2) is 18.1 Å². The van der Waals surface area contributed by atoms with Gasteiger partial charge in [-0.1, -0.05) is 13.8 Å². The van der Waals surface area contributed by atoms with Crippen LogP contribution in [0.2, 0.25) is 0 Å². The average Bonchev–Trinajstić information content (AvgIpc) is 2.49. The topological polar surface area (TPSA) is 24.9 Å². The van der Waals surface area contributed by atoms with Crippen LogP contribution in [0.3, 0.4) is 0 Å². The molecule has 2 unspecified atom stereocenters. The predicted octanol–water partition coefficient (Wildman–Crippen LogP) is 1.72. The van der Waals surface area contributed by atoms with Crippen LogP contribution in [0.15, 0.2) is 18.5 Å². The summed E-state index contributed by atoms with van der Waals surface area (Å²) in [6.07, 6.45) is 3.02. The van der Waals surface area contributed by atoms with Crippen LogP contribution in [-0.2, 0) is 5.41 Å². The highest BCUT2D eigenvalue weighted by Crippen LogP contribution is 2.34. The maximum atomic E-state index is 13.0. The van der Waals surface area contributed by atoms with Crippen molar-refractivity contribution in [2.45, 2.75) is 19.3 Å². The van der Waals surface area contributed by atoms with Crippen molar-refractivity contribution in [2.24, 2.45) is 5.92 Å². The van der Waals surface area contributed by atoms with Crippen molar-refractivity contribution in [1.82, 2.24) is 10.3 Å². The van der Waals surface area contributed by atoms with Crippen molar-refractivity contribution >= 4 is 0 Å². The van der Waals surface area contributed by atoms with E-state index in [2.05, 4.69) is 24.1 Å². The minimum absolute atomic E-state index is 0.0229. The molecule has 2 nitrogen and oxygen atoms in total. The maximum Gasteiger partial charge on any atom is 0.141 e. The molecule has 1 aromatic heterocycles. The van der Waals surface area contributed by atoms with Crippen molar-refractivity contribution in [3.63, 3.8) is 0 Å². The Morgan fingerprint density at radius 2 is 2.36 bits per heavy atom. The molecule has 1 aliphatic rings. The zero-order chi connectivity index (χ0) is 10.2. The Balaban J connectivity index is 2.38. The largest absolute Gasteiger partial charge is 0.316 e. The SMILES string of the molecule is CC1CNCC1(C)c1cncc(F)c1. The van der Waals surface area contributed by atoms with E-state index in [9.17, 15) is 4.39 Å². The van der Waals surface area contributed by atoms with Gasteiger partial charge < -0.3 is 5.32 Å². The molecule has 0 amide bonds. The summed E-state index contributed by atoms with van der Waals surface area (Å²) in [7, 11) is 0. The summed E-state index contributed by atoms with van der Waals surface area (Å²) in [6.45, 7) is 6.24. The minimum Gasteiger partial charge on any atom is -0.316 e. The van der Waals surface area contributed by atoms with Gasteiger partial charge in [0.15, 0.2) is 0 Å². The molecular formula is C11H15FN2. The molecule has 0 spiro atoms. The third-order valence-corrected chi connectivity index (χ3v) is 3.39. The van der Waals surface area contributed by atoms with Gasteiger partial charge in [0, 0.05) is 18.2 Å². The molecule has 1 saturated heterocycles. The number of halogens is 1. The van der Waals surface area contributed by atoms with Crippen molar-refractivity contribution < 1.29 is 4.39 Å². The van der Waals surface area contributed by atoms with Crippen molar-refractivity contribution in [2.75, 3.05) is 13.1 Å². The third kappa shape index (κ3) is 1.42. The number of hydrogen-bond donors (Lipinski definition) is 1. The van der Waals surface area contributed by atoms with Crippen LogP contribution in [0, 0.1) is 11.7 Å². The first kappa shape index (κ1) is 9.59. The fraction of sp³-hybridized carbons (Fsp3) is 0.545. The van der Waals surface area contributed by atoms with Crippen LogP contribution >= 0.6 is 0 Å². The highest BCUT2D eigenvalue weighted by molar-refractivity contribution is 5.25. The Hall–Kier alpha value is -0.960. The fourth-order valence-corrected chi connectivity index (χ4v) is 2.06. The van der Waals surface area contributed by atoms with Crippen LogP contribution in [0.4, 0.5) is 4.39 Å². The van der Waals surface area contributed by atoms with E-state index >= 15 is 0 Å². The first-order valence-corrected chi connectivity index (χ1v) is 4.95. The monoisotopic (exact) mass is 194 g/mol. The second kappa shape index (κ2) is 3.31. The molecule has 14 heavy (non-hydrogen) atoms. The number of aromatic nitrogens is 1. The lowest BCUT2D eigenvalue weighted by molar-refractivity contribution is 0.400. The molecule has 0 aromatic carbocycles. The normalized spacial score (nSPS) is 32.1. The van der Waals surface area contributed by atoms with E-state index in [1.165, 1.54) is 6.20 Å². The molecule has 3 heteroatoms. The number of nitrogens with one attached hydrogen (secondary N) is 1. The third-order valence-electron chi connectivity index (χ3n) is 3.39. The van der Waals surface area contributed by atoms with E-state index in [1.54, 1.807) is 12.3 Å². The number of pyridine rings is 1. The molecule has 2 atom stereocenters. The second-order valence-corrected chi connectivity index (χ2v) is 4.34. The van der Waals surface area contributed by atoms with Crippen molar-refractivity contribution in [1.29, 1.82) is 0 Å². The maximum absolute atomic E-state index is 13.0. The van der Waals surface area contributed by atoms with E-state index < -0.39 is 0 Å². The summed E-state index contributed by atoms with van der Waals surface area (Å²) in [4.78, 5) is 3.91. The molecule has 76 valence electrons. The van der Waals surface area contributed by atoms with Gasteiger partial charge in [-0.2, -0.15) is 0 Å². The zero-order valence-corrected chi connectivity index (χ0v) is 8.55. The van der Waals surface area contributed by atoms with E-state index in [0.717, 1.165) is 18.7 Å². The smallest absolute Gasteiger partial charge is 0.141 e. The van der Waals surface area contributed by atoms with Gasteiger partial charge in [0.2, 0.25) is 0 Å². The molecule has 1 N–H and O–H groups in total. The van der Waals surface area contributed by atoms with Gasteiger partial charge in [-0.25, -0.2) is 4.39 Å². The van der Waals surface area contributed by atoms with Gasteiger partial charge in [0.25, 0.3) is 0 Å². The van der Waals surface area contributed by atoms with Crippen LogP contribution in [0.1, 0.15) is 19.4 Å². The Morgan fingerprint density at radius 1 is 1.57 bits per heavy atom. The molecular weight excluding hydrogens is 179 g/mol. The molecule has 0 bridgehead atoms. The summed E-state index contributed by atoms with van der Waals surface area (Å²) in [5.74, 6) is 0.272. The summed E-state index contributed by atoms with van der Waals surface area (Å²) in [5, 5.41) is 3.33. The number of nitrogens with zero attached hydrogens (tertiary/aromatic N) is 1. The minimum atomic E-state index is -0.247. The average molecular weight is 194 g/mol. The highest BCUT2D eigenvalue weighted by atomic mass is 19.1. The van der Waals surface area contributed by atoms with E-state index in [4.69, 9.17) is 0 Å². The van der Waals surface area contributed by atoms with Crippen LogP contribution in [0.5, 0.6) is 0 Å². The van der Waals surface area contributed by atoms with Gasteiger partial charge in [-0.3, -0.25) is 4.98 Å². The van der Waals surface area contributed by atoms with Gasteiger partial charge in [0.05, 0.1) is 6.20 Å².